The van der Waals surface area contributed by atoms with Crippen molar-refractivity contribution in [2.24, 2.45) is 5.16 Å². The van der Waals surface area contributed by atoms with Gasteiger partial charge in [-0.25, -0.2) is 0 Å². The van der Waals surface area contributed by atoms with Gasteiger partial charge in [-0.15, -0.1) is 0 Å². The second-order valence-corrected chi connectivity index (χ2v) is 4.11. The number of oxime groups is 1. The topological polar surface area (TPSA) is 21.6 Å². The maximum atomic E-state index is 12.4. The number of halogens is 3. The largest absolute Gasteiger partial charge is 0.416 e. The SMILES string of the molecule is FC(F)(F)c1ccc(CON=Cc2ccccc2)cc1. The zero-order valence-electron chi connectivity index (χ0n) is 10.5. The summed E-state index contributed by atoms with van der Waals surface area (Å²) in [7, 11) is 0. The summed E-state index contributed by atoms with van der Waals surface area (Å²) in [5, 5.41) is 3.76. The maximum Gasteiger partial charge on any atom is 0.416 e. The van der Waals surface area contributed by atoms with Crippen LogP contribution in [0.2, 0.25) is 0 Å². The molecule has 0 spiro atoms. The van der Waals surface area contributed by atoms with Crippen LogP contribution in [0.4, 0.5) is 13.2 Å². The maximum absolute atomic E-state index is 12.4. The molecule has 2 aromatic rings. The first-order valence-electron chi connectivity index (χ1n) is 5.92. The van der Waals surface area contributed by atoms with Crippen LogP contribution in [0.25, 0.3) is 0 Å². The Hall–Kier alpha value is -2.30. The normalized spacial score (nSPS) is 11.8. The van der Waals surface area contributed by atoms with E-state index < -0.39 is 11.7 Å². The van der Waals surface area contributed by atoms with E-state index in [2.05, 4.69) is 5.16 Å². The van der Waals surface area contributed by atoms with Gasteiger partial charge in [0.05, 0.1) is 11.8 Å². The van der Waals surface area contributed by atoms with Crippen LogP contribution in [-0.2, 0) is 17.6 Å². The lowest BCUT2D eigenvalue weighted by Crippen LogP contribution is -2.04. The Balaban J connectivity index is 1.87. The predicted octanol–water partition coefficient (Wildman–Crippen LogP) is 4.26. The first kappa shape index (κ1) is 14.1. The van der Waals surface area contributed by atoms with E-state index >= 15 is 0 Å². The first-order chi connectivity index (χ1) is 9.55. The molecule has 0 N–H and O–H groups in total. The molecule has 0 aliphatic carbocycles. The summed E-state index contributed by atoms with van der Waals surface area (Å²) in [4.78, 5) is 5.04. The molecule has 104 valence electrons. The van der Waals surface area contributed by atoms with Crippen molar-refractivity contribution in [3.8, 4) is 0 Å². The molecule has 0 amide bonds. The van der Waals surface area contributed by atoms with E-state index in [-0.39, 0.29) is 6.61 Å². The van der Waals surface area contributed by atoms with E-state index in [0.29, 0.717) is 5.56 Å². The van der Waals surface area contributed by atoms with Crippen molar-refractivity contribution in [3.05, 3.63) is 71.3 Å². The second kappa shape index (κ2) is 6.23. The van der Waals surface area contributed by atoms with Crippen LogP contribution in [0, 0.1) is 0 Å². The lowest BCUT2D eigenvalue weighted by Gasteiger charge is -2.06. The highest BCUT2D eigenvalue weighted by Crippen LogP contribution is 2.29. The highest BCUT2D eigenvalue weighted by molar-refractivity contribution is 5.78. The first-order valence-corrected chi connectivity index (χ1v) is 5.92. The van der Waals surface area contributed by atoms with Gasteiger partial charge in [-0.2, -0.15) is 13.2 Å². The summed E-state index contributed by atoms with van der Waals surface area (Å²) in [6.07, 6.45) is -2.77. The van der Waals surface area contributed by atoms with Gasteiger partial charge >= 0.3 is 6.18 Å². The second-order valence-electron chi connectivity index (χ2n) is 4.11. The Labute approximate surface area is 114 Å². The highest BCUT2D eigenvalue weighted by atomic mass is 19.4. The van der Waals surface area contributed by atoms with Gasteiger partial charge in [0.15, 0.2) is 0 Å². The molecule has 5 heteroatoms. The third-order valence-corrected chi connectivity index (χ3v) is 2.59. The number of hydrogen-bond donors (Lipinski definition) is 0. The monoisotopic (exact) mass is 279 g/mol. The molecule has 0 radical (unpaired) electrons. The van der Waals surface area contributed by atoms with Crippen LogP contribution >= 0.6 is 0 Å². The molecule has 0 fully saturated rings. The number of benzene rings is 2. The standard InChI is InChI=1S/C15H12F3NO/c16-15(17,18)14-8-6-13(7-9-14)11-20-19-10-12-4-2-1-3-5-12/h1-10H,11H2. The Kier molecular flexibility index (Phi) is 4.40. The third kappa shape index (κ3) is 4.12. The van der Waals surface area contributed by atoms with Crippen molar-refractivity contribution in [2.75, 3.05) is 0 Å². The summed E-state index contributed by atoms with van der Waals surface area (Å²) in [5.74, 6) is 0. The van der Waals surface area contributed by atoms with Gasteiger partial charge in [-0.3, -0.25) is 0 Å². The van der Waals surface area contributed by atoms with Crippen LogP contribution in [0.3, 0.4) is 0 Å². The Morgan fingerprint density at radius 3 is 2.20 bits per heavy atom. The lowest BCUT2D eigenvalue weighted by molar-refractivity contribution is -0.137. The molecule has 0 aliphatic rings. The predicted molar refractivity (Wildman–Crippen MR) is 70.3 cm³/mol. The van der Waals surface area contributed by atoms with E-state index in [0.717, 1.165) is 17.7 Å². The molecule has 2 rings (SSSR count). The van der Waals surface area contributed by atoms with Crippen LogP contribution in [-0.4, -0.2) is 6.21 Å². The average molecular weight is 279 g/mol. The Morgan fingerprint density at radius 2 is 1.60 bits per heavy atom. The molecule has 20 heavy (non-hydrogen) atoms. The summed E-state index contributed by atoms with van der Waals surface area (Å²) in [5.41, 5.74) is 0.845. The molecule has 0 saturated heterocycles. The van der Waals surface area contributed by atoms with E-state index in [1.165, 1.54) is 12.1 Å². The minimum atomic E-state index is -4.31. The van der Waals surface area contributed by atoms with Crippen molar-refractivity contribution in [3.63, 3.8) is 0 Å². The number of hydrogen-bond acceptors (Lipinski definition) is 2. The van der Waals surface area contributed by atoms with Gasteiger partial charge in [-0.1, -0.05) is 47.6 Å². The summed E-state index contributed by atoms with van der Waals surface area (Å²) < 4.78 is 37.1. The van der Waals surface area contributed by atoms with Crippen molar-refractivity contribution >= 4 is 6.21 Å². The molecular weight excluding hydrogens is 267 g/mol. The minimum Gasteiger partial charge on any atom is -0.391 e. The molecule has 0 bridgehead atoms. The van der Waals surface area contributed by atoms with E-state index in [9.17, 15) is 13.2 Å². The van der Waals surface area contributed by atoms with Crippen LogP contribution < -0.4 is 0 Å². The Bertz CT molecular complexity index is 562. The fraction of sp³-hybridized carbons (Fsp3) is 0.133. The van der Waals surface area contributed by atoms with Gasteiger partial charge < -0.3 is 4.84 Å². The van der Waals surface area contributed by atoms with Crippen molar-refractivity contribution in [2.45, 2.75) is 12.8 Å². The van der Waals surface area contributed by atoms with Gasteiger partial charge in [0, 0.05) is 0 Å². The van der Waals surface area contributed by atoms with Crippen LogP contribution in [0.15, 0.2) is 59.8 Å². The minimum absolute atomic E-state index is 0.126. The van der Waals surface area contributed by atoms with Gasteiger partial charge in [0.2, 0.25) is 0 Å². The van der Waals surface area contributed by atoms with Crippen molar-refractivity contribution in [1.29, 1.82) is 0 Å². The molecule has 0 saturated carbocycles. The average Bonchev–Trinajstić information content (AvgIpc) is 2.44. The summed E-state index contributed by atoms with van der Waals surface area (Å²) >= 11 is 0. The summed E-state index contributed by atoms with van der Waals surface area (Å²) in [6.45, 7) is 0.126. The smallest absolute Gasteiger partial charge is 0.391 e. The molecule has 0 aliphatic heterocycles. The van der Waals surface area contributed by atoms with Gasteiger partial charge in [-0.05, 0) is 23.3 Å². The Morgan fingerprint density at radius 1 is 0.950 bits per heavy atom. The van der Waals surface area contributed by atoms with Crippen molar-refractivity contribution in [1.82, 2.24) is 0 Å². The number of nitrogens with zero attached hydrogens (tertiary/aromatic N) is 1. The molecule has 0 heterocycles. The molecule has 0 atom stereocenters. The number of alkyl halides is 3. The van der Waals surface area contributed by atoms with Crippen LogP contribution in [0.1, 0.15) is 16.7 Å². The molecule has 2 nitrogen and oxygen atoms in total. The fourth-order valence-electron chi connectivity index (χ4n) is 1.54. The molecule has 2 aromatic carbocycles. The number of rotatable bonds is 4. The van der Waals surface area contributed by atoms with E-state index in [4.69, 9.17) is 4.84 Å². The third-order valence-electron chi connectivity index (χ3n) is 2.59. The van der Waals surface area contributed by atoms with Gasteiger partial charge in [0.25, 0.3) is 0 Å². The molecular formula is C15H12F3NO. The lowest BCUT2D eigenvalue weighted by atomic mass is 10.1. The molecule has 0 unspecified atom stereocenters. The van der Waals surface area contributed by atoms with E-state index in [1.807, 2.05) is 30.3 Å². The highest BCUT2D eigenvalue weighted by Gasteiger charge is 2.29. The molecule has 0 aromatic heterocycles. The zero-order chi connectivity index (χ0) is 14.4. The zero-order valence-corrected chi connectivity index (χ0v) is 10.5. The van der Waals surface area contributed by atoms with Gasteiger partial charge in [0.1, 0.15) is 6.61 Å². The van der Waals surface area contributed by atoms with Crippen LogP contribution in [0.5, 0.6) is 0 Å². The fourth-order valence-corrected chi connectivity index (χ4v) is 1.54. The summed E-state index contributed by atoms with van der Waals surface area (Å²) in [6, 6.07) is 14.2. The van der Waals surface area contributed by atoms with Crippen molar-refractivity contribution < 1.29 is 18.0 Å². The quantitative estimate of drug-likeness (QED) is 0.605. The van der Waals surface area contributed by atoms with E-state index in [1.54, 1.807) is 6.21 Å².